The second kappa shape index (κ2) is 9.25. The number of carbonyl (C=O) groups is 2. The number of carboxylic acids is 1. The van der Waals surface area contributed by atoms with E-state index in [1.54, 1.807) is 0 Å². The fourth-order valence-corrected chi connectivity index (χ4v) is 8.79. The molecule has 4 N–H and O–H groups in total. The summed E-state index contributed by atoms with van der Waals surface area (Å²) in [5, 5.41) is 26.4. The molecule has 4 fully saturated rings. The van der Waals surface area contributed by atoms with E-state index in [9.17, 15) is 14.7 Å². The van der Waals surface area contributed by atoms with E-state index in [1.807, 2.05) is 0 Å². The van der Waals surface area contributed by atoms with Gasteiger partial charge in [0.1, 0.15) is 0 Å². The molecule has 4 rings (SSSR count). The molecule has 3 aliphatic carbocycles. The molecule has 6 heteroatoms. The summed E-state index contributed by atoms with van der Waals surface area (Å²) in [5.74, 6) is 2.44. The average molecular weight is 449 g/mol. The molecule has 1 saturated heterocycles. The van der Waals surface area contributed by atoms with E-state index >= 15 is 0 Å². The van der Waals surface area contributed by atoms with E-state index in [0.29, 0.717) is 47.3 Å². The Morgan fingerprint density at radius 1 is 1.09 bits per heavy atom. The lowest BCUT2D eigenvalue weighted by Gasteiger charge is -2.62. The minimum atomic E-state index is -0.881. The number of hydrogen-bond donors (Lipinski definition) is 4. The number of fused-ring (bicyclic) bond motifs is 5. The van der Waals surface area contributed by atoms with Crippen LogP contribution in [0.4, 0.5) is 0 Å². The van der Waals surface area contributed by atoms with Gasteiger partial charge in [-0.05, 0) is 104 Å². The summed E-state index contributed by atoms with van der Waals surface area (Å²) in [6, 6.07) is 0. The lowest BCUT2D eigenvalue weighted by atomic mass is 9.45. The van der Waals surface area contributed by atoms with Crippen LogP contribution in [-0.4, -0.2) is 47.8 Å². The molecule has 182 valence electrons. The highest BCUT2D eigenvalue weighted by atomic mass is 16.4. The monoisotopic (exact) mass is 448 g/mol. The molecule has 3 saturated carbocycles. The molecule has 1 heterocycles. The van der Waals surface area contributed by atoms with Gasteiger partial charge in [-0.25, -0.2) is 0 Å². The maximum atomic E-state index is 12.2. The molecular weight excluding hydrogens is 404 g/mol. The van der Waals surface area contributed by atoms with Crippen LogP contribution in [0, 0.1) is 46.3 Å². The van der Waals surface area contributed by atoms with Crippen molar-refractivity contribution >= 4 is 11.9 Å². The fourth-order valence-electron chi connectivity index (χ4n) is 8.79. The lowest BCUT2D eigenvalue weighted by molar-refractivity contribution is -0.161. The van der Waals surface area contributed by atoms with Crippen molar-refractivity contribution in [1.29, 1.82) is 0 Å². The lowest BCUT2D eigenvalue weighted by Crippen LogP contribution is -2.60. The molecule has 0 aromatic carbocycles. The van der Waals surface area contributed by atoms with E-state index in [1.165, 1.54) is 32.1 Å². The Hall–Kier alpha value is -1.14. The number of nitrogens with one attached hydrogen (secondary N) is 2. The van der Waals surface area contributed by atoms with Crippen LogP contribution in [-0.2, 0) is 9.59 Å². The highest BCUT2D eigenvalue weighted by Gasteiger charge is 2.62. The number of piperidine rings is 1. The zero-order chi connectivity index (χ0) is 23.1. The second-order valence-corrected chi connectivity index (χ2v) is 12.0. The summed E-state index contributed by atoms with van der Waals surface area (Å²) in [7, 11) is 0. The van der Waals surface area contributed by atoms with Crippen molar-refractivity contribution in [3.63, 3.8) is 0 Å². The molecular formula is C26H44N2O4. The molecule has 0 unspecified atom stereocenters. The van der Waals surface area contributed by atoms with Crippen molar-refractivity contribution in [2.75, 3.05) is 19.6 Å². The smallest absolute Gasteiger partial charge is 0.305 e. The zero-order valence-corrected chi connectivity index (χ0v) is 20.2. The number of rotatable bonds is 7. The minimum absolute atomic E-state index is 0.0234. The summed E-state index contributed by atoms with van der Waals surface area (Å²) < 4.78 is 0. The summed E-state index contributed by atoms with van der Waals surface area (Å²) in [6.45, 7) is 9.69. The van der Waals surface area contributed by atoms with Gasteiger partial charge in [-0.15, -0.1) is 0 Å². The standard InChI is InChI=1S/C26H44N2O4/c1-16(4-7-22(30)28-12-9-23(31)32)18-5-6-19-24-20(8-10-26(18,19)3)25(2)11-13-27-15-17(25)14-21(24)29/h16-21,24,27,29H,4-15H2,1-3H3,(H,28,30)(H,31,32)/t16-,17-,18-,19+,20+,21+,24+,25+,26-/m1/s1. The maximum Gasteiger partial charge on any atom is 0.305 e. The van der Waals surface area contributed by atoms with Gasteiger partial charge in [0.25, 0.3) is 0 Å². The van der Waals surface area contributed by atoms with E-state index in [0.717, 1.165) is 25.9 Å². The minimum Gasteiger partial charge on any atom is -0.481 e. The Balaban J connectivity index is 1.40. The van der Waals surface area contributed by atoms with E-state index < -0.39 is 5.97 Å². The molecule has 4 aliphatic rings. The highest BCUT2D eigenvalue weighted by molar-refractivity contribution is 5.76. The number of aliphatic carboxylic acids is 1. The normalized spacial score (nSPS) is 44.1. The maximum absolute atomic E-state index is 12.2. The summed E-state index contributed by atoms with van der Waals surface area (Å²) >= 11 is 0. The Bertz CT molecular complexity index is 714. The van der Waals surface area contributed by atoms with Crippen molar-refractivity contribution in [1.82, 2.24) is 10.6 Å². The van der Waals surface area contributed by atoms with Crippen LogP contribution in [0.5, 0.6) is 0 Å². The molecule has 0 aromatic heterocycles. The number of hydrogen-bond acceptors (Lipinski definition) is 4. The first kappa shape index (κ1) is 24.0. The summed E-state index contributed by atoms with van der Waals surface area (Å²) in [5.41, 5.74) is 0.631. The quantitative estimate of drug-likeness (QED) is 0.478. The van der Waals surface area contributed by atoms with Crippen molar-refractivity contribution < 1.29 is 19.8 Å². The third kappa shape index (κ3) is 4.22. The summed E-state index contributed by atoms with van der Waals surface area (Å²) in [6.07, 6.45) is 8.24. The van der Waals surface area contributed by atoms with Gasteiger partial charge < -0.3 is 20.8 Å². The molecule has 32 heavy (non-hydrogen) atoms. The first-order chi connectivity index (χ1) is 15.2. The predicted molar refractivity (Wildman–Crippen MR) is 124 cm³/mol. The van der Waals surface area contributed by atoms with Gasteiger partial charge in [-0.2, -0.15) is 0 Å². The Morgan fingerprint density at radius 3 is 2.59 bits per heavy atom. The molecule has 0 radical (unpaired) electrons. The SMILES string of the molecule is C[C@H](CCC(=O)NCCC(=O)O)[C@H]1CC[C@H]2[C@@H]3[C@@H](O)C[C@@H]4CNCC[C@]4(C)[C@H]3CC[C@]12C. The molecule has 0 spiro atoms. The third-order valence-corrected chi connectivity index (χ3v) is 10.6. The molecule has 6 nitrogen and oxygen atoms in total. The molecule has 0 aromatic rings. The third-order valence-electron chi connectivity index (χ3n) is 10.6. The molecule has 0 bridgehead atoms. The molecule has 1 amide bonds. The van der Waals surface area contributed by atoms with Gasteiger partial charge in [-0.1, -0.05) is 20.8 Å². The first-order valence-corrected chi connectivity index (χ1v) is 13.0. The van der Waals surface area contributed by atoms with Gasteiger partial charge >= 0.3 is 5.97 Å². The Morgan fingerprint density at radius 2 is 1.84 bits per heavy atom. The second-order valence-electron chi connectivity index (χ2n) is 12.0. The van der Waals surface area contributed by atoms with Crippen LogP contribution in [0.2, 0.25) is 0 Å². The van der Waals surface area contributed by atoms with E-state index in [4.69, 9.17) is 5.11 Å². The number of aliphatic hydroxyl groups excluding tert-OH is 1. The van der Waals surface area contributed by atoms with Gasteiger partial charge in [0, 0.05) is 13.0 Å². The zero-order valence-electron chi connectivity index (χ0n) is 20.2. The van der Waals surface area contributed by atoms with Crippen LogP contribution >= 0.6 is 0 Å². The Kier molecular flexibility index (Phi) is 6.94. The van der Waals surface area contributed by atoms with Crippen LogP contribution < -0.4 is 10.6 Å². The van der Waals surface area contributed by atoms with Gasteiger partial charge in [0.2, 0.25) is 5.91 Å². The van der Waals surface area contributed by atoms with Crippen LogP contribution in [0.3, 0.4) is 0 Å². The first-order valence-electron chi connectivity index (χ1n) is 13.0. The van der Waals surface area contributed by atoms with Crippen LogP contribution in [0.1, 0.15) is 78.6 Å². The van der Waals surface area contributed by atoms with Crippen molar-refractivity contribution in [3.8, 4) is 0 Å². The van der Waals surface area contributed by atoms with Gasteiger partial charge in [0.05, 0.1) is 12.5 Å². The van der Waals surface area contributed by atoms with Crippen molar-refractivity contribution in [2.45, 2.75) is 84.7 Å². The summed E-state index contributed by atoms with van der Waals surface area (Å²) in [4.78, 5) is 22.8. The molecule has 1 aliphatic heterocycles. The predicted octanol–water partition coefficient (Wildman–Crippen LogP) is 3.43. The number of aliphatic hydroxyl groups is 1. The van der Waals surface area contributed by atoms with Crippen molar-refractivity contribution in [2.24, 2.45) is 46.3 Å². The topological polar surface area (TPSA) is 98.7 Å². The van der Waals surface area contributed by atoms with Gasteiger partial charge in [0.15, 0.2) is 0 Å². The highest BCUT2D eigenvalue weighted by Crippen LogP contribution is 2.67. The number of carbonyl (C=O) groups excluding carboxylic acids is 1. The fraction of sp³-hybridized carbons (Fsp3) is 0.923. The van der Waals surface area contributed by atoms with E-state index in [2.05, 4.69) is 31.4 Å². The van der Waals surface area contributed by atoms with Crippen LogP contribution in [0.15, 0.2) is 0 Å². The van der Waals surface area contributed by atoms with Crippen molar-refractivity contribution in [3.05, 3.63) is 0 Å². The molecule has 9 atom stereocenters. The number of amides is 1. The Labute approximate surface area is 193 Å². The van der Waals surface area contributed by atoms with Gasteiger partial charge in [-0.3, -0.25) is 9.59 Å². The van der Waals surface area contributed by atoms with Crippen LogP contribution in [0.25, 0.3) is 0 Å². The number of carboxylic acid groups (broad SMARTS) is 1. The van der Waals surface area contributed by atoms with E-state index in [-0.39, 0.29) is 30.4 Å². The largest absolute Gasteiger partial charge is 0.481 e. The average Bonchev–Trinajstić information content (AvgIpc) is 3.09.